The molecule has 2 rings (SSSR count). The SMILES string of the molecule is Nc1cc(C(=O)O)cc(Cl)c1-n1cncn1. The third kappa shape index (κ3) is 1.70. The van der Waals surface area contributed by atoms with E-state index in [0.29, 0.717) is 5.69 Å². The van der Waals surface area contributed by atoms with Crippen molar-refractivity contribution in [2.45, 2.75) is 0 Å². The lowest BCUT2D eigenvalue weighted by Crippen LogP contribution is -2.05. The van der Waals surface area contributed by atoms with Gasteiger partial charge in [-0.25, -0.2) is 14.5 Å². The molecule has 0 amide bonds. The molecule has 1 heterocycles. The number of benzene rings is 1. The van der Waals surface area contributed by atoms with Gasteiger partial charge in [0, 0.05) is 0 Å². The molecule has 0 aliphatic heterocycles. The van der Waals surface area contributed by atoms with Crippen molar-refractivity contribution < 1.29 is 9.90 Å². The van der Waals surface area contributed by atoms with E-state index in [4.69, 9.17) is 22.4 Å². The van der Waals surface area contributed by atoms with E-state index in [9.17, 15) is 4.79 Å². The molecule has 0 bridgehead atoms. The van der Waals surface area contributed by atoms with Crippen LogP contribution in [0.25, 0.3) is 5.69 Å². The van der Waals surface area contributed by atoms with Crippen LogP contribution in [0.3, 0.4) is 0 Å². The average molecular weight is 239 g/mol. The van der Waals surface area contributed by atoms with Gasteiger partial charge in [0.2, 0.25) is 0 Å². The van der Waals surface area contributed by atoms with Crippen molar-refractivity contribution in [3.8, 4) is 5.69 Å². The van der Waals surface area contributed by atoms with Crippen LogP contribution in [0.2, 0.25) is 5.02 Å². The zero-order chi connectivity index (χ0) is 11.7. The number of aromatic carboxylic acids is 1. The Morgan fingerprint density at radius 3 is 2.75 bits per heavy atom. The predicted molar refractivity (Wildman–Crippen MR) is 57.7 cm³/mol. The molecular weight excluding hydrogens is 232 g/mol. The first-order valence-electron chi connectivity index (χ1n) is 4.27. The van der Waals surface area contributed by atoms with Crippen LogP contribution in [0.4, 0.5) is 5.69 Å². The maximum Gasteiger partial charge on any atom is 0.335 e. The van der Waals surface area contributed by atoms with Crippen LogP contribution in [-0.4, -0.2) is 25.8 Å². The van der Waals surface area contributed by atoms with Crippen molar-refractivity contribution >= 4 is 23.3 Å². The van der Waals surface area contributed by atoms with Gasteiger partial charge < -0.3 is 10.8 Å². The molecule has 0 saturated heterocycles. The average Bonchev–Trinajstić information content (AvgIpc) is 2.69. The number of anilines is 1. The van der Waals surface area contributed by atoms with E-state index in [2.05, 4.69) is 10.1 Å². The molecule has 7 heteroatoms. The minimum atomic E-state index is -1.08. The molecule has 82 valence electrons. The van der Waals surface area contributed by atoms with Crippen LogP contribution in [0.15, 0.2) is 24.8 Å². The van der Waals surface area contributed by atoms with Crippen molar-refractivity contribution in [3.63, 3.8) is 0 Å². The lowest BCUT2D eigenvalue weighted by atomic mass is 10.2. The molecule has 1 aromatic carbocycles. The Bertz CT molecular complexity index is 515. The zero-order valence-corrected chi connectivity index (χ0v) is 8.72. The highest BCUT2D eigenvalue weighted by Gasteiger charge is 2.13. The number of rotatable bonds is 2. The highest BCUT2D eigenvalue weighted by atomic mass is 35.5. The van der Waals surface area contributed by atoms with Crippen LogP contribution in [0, 0.1) is 0 Å². The number of hydrogen-bond donors (Lipinski definition) is 2. The van der Waals surface area contributed by atoms with E-state index in [-0.39, 0.29) is 16.3 Å². The predicted octanol–water partition coefficient (Wildman–Crippen LogP) is 1.20. The Hall–Kier alpha value is -2.08. The molecule has 1 aromatic heterocycles. The van der Waals surface area contributed by atoms with Crippen molar-refractivity contribution in [2.24, 2.45) is 0 Å². The normalized spacial score (nSPS) is 10.3. The van der Waals surface area contributed by atoms with Gasteiger partial charge in [-0.15, -0.1) is 0 Å². The maximum absolute atomic E-state index is 10.8. The first-order valence-corrected chi connectivity index (χ1v) is 4.64. The van der Waals surface area contributed by atoms with E-state index in [1.54, 1.807) is 0 Å². The molecule has 0 aliphatic rings. The van der Waals surface area contributed by atoms with Crippen LogP contribution in [-0.2, 0) is 0 Å². The molecule has 0 unspecified atom stereocenters. The van der Waals surface area contributed by atoms with Gasteiger partial charge in [-0.2, -0.15) is 5.10 Å². The van der Waals surface area contributed by atoms with Gasteiger partial charge in [-0.3, -0.25) is 0 Å². The quantitative estimate of drug-likeness (QED) is 0.767. The van der Waals surface area contributed by atoms with E-state index < -0.39 is 5.97 Å². The van der Waals surface area contributed by atoms with Gasteiger partial charge in [0.25, 0.3) is 0 Å². The molecule has 16 heavy (non-hydrogen) atoms. The number of carboxylic acids is 1. The Balaban J connectivity index is 2.61. The minimum absolute atomic E-state index is 0.0337. The van der Waals surface area contributed by atoms with Crippen LogP contribution in [0.1, 0.15) is 10.4 Å². The van der Waals surface area contributed by atoms with Crippen molar-refractivity contribution in [1.29, 1.82) is 0 Å². The summed E-state index contributed by atoms with van der Waals surface area (Å²) in [4.78, 5) is 14.5. The van der Waals surface area contributed by atoms with Gasteiger partial charge in [-0.05, 0) is 12.1 Å². The largest absolute Gasteiger partial charge is 0.478 e. The smallest absolute Gasteiger partial charge is 0.335 e. The number of carboxylic acid groups (broad SMARTS) is 1. The number of carbonyl (C=O) groups is 1. The minimum Gasteiger partial charge on any atom is -0.478 e. The first-order chi connectivity index (χ1) is 7.59. The molecule has 0 spiro atoms. The Morgan fingerprint density at radius 2 is 2.25 bits per heavy atom. The Morgan fingerprint density at radius 1 is 1.50 bits per heavy atom. The second-order valence-electron chi connectivity index (χ2n) is 3.04. The van der Waals surface area contributed by atoms with Crippen LogP contribution < -0.4 is 5.73 Å². The van der Waals surface area contributed by atoms with E-state index in [1.807, 2.05) is 0 Å². The third-order valence-corrected chi connectivity index (χ3v) is 2.28. The monoisotopic (exact) mass is 238 g/mol. The van der Waals surface area contributed by atoms with E-state index >= 15 is 0 Å². The molecule has 0 saturated carbocycles. The van der Waals surface area contributed by atoms with Crippen LogP contribution >= 0.6 is 11.6 Å². The molecule has 3 N–H and O–H groups in total. The molecule has 6 nitrogen and oxygen atoms in total. The number of aromatic nitrogens is 3. The van der Waals surface area contributed by atoms with Gasteiger partial charge in [-0.1, -0.05) is 11.6 Å². The molecule has 0 radical (unpaired) electrons. The molecule has 0 fully saturated rings. The maximum atomic E-state index is 10.8. The summed E-state index contributed by atoms with van der Waals surface area (Å²) in [7, 11) is 0. The zero-order valence-electron chi connectivity index (χ0n) is 7.96. The van der Waals surface area contributed by atoms with Crippen molar-refractivity contribution in [3.05, 3.63) is 35.4 Å². The summed E-state index contributed by atoms with van der Waals surface area (Å²) in [6.07, 6.45) is 2.76. The second-order valence-corrected chi connectivity index (χ2v) is 3.45. The summed E-state index contributed by atoms with van der Waals surface area (Å²) in [5, 5.41) is 12.9. The second kappa shape index (κ2) is 3.82. The summed E-state index contributed by atoms with van der Waals surface area (Å²) in [5.41, 5.74) is 6.40. The Labute approximate surface area is 95.3 Å². The highest BCUT2D eigenvalue weighted by molar-refractivity contribution is 6.33. The van der Waals surface area contributed by atoms with Crippen molar-refractivity contribution in [1.82, 2.24) is 14.8 Å². The fourth-order valence-corrected chi connectivity index (χ4v) is 1.62. The summed E-state index contributed by atoms with van der Waals surface area (Å²) in [6.45, 7) is 0. The fraction of sp³-hybridized carbons (Fsp3) is 0. The van der Waals surface area contributed by atoms with Crippen LogP contribution in [0.5, 0.6) is 0 Å². The number of nitrogens with zero attached hydrogens (tertiary/aromatic N) is 3. The number of nitrogen functional groups attached to an aromatic ring is 1. The van der Waals surface area contributed by atoms with Crippen molar-refractivity contribution in [2.75, 3.05) is 5.73 Å². The topological polar surface area (TPSA) is 94.0 Å². The fourth-order valence-electron chi connectivity index (χ4n) is 1.31. The number of hydrogen-bond acceptors (Lipinski definition) is 4. The summed E-state index contributed by atoms with van der Waals surface area (Å²) in [6, 6.07) is 2.64. The number of nitrogens with two attached hydrogens (primary N) is 1. The van der Waals surface area contributed by atoms with Gasteiger partial charge in [0.05, 0.1) is 16.3 Å². The molecule has 2 aromatic rings. The van der Waals surface area contributed by atoms with E-state index in [0.717, 1.165) is 0 Å². The lowest BCUT2D eigenvalue weighted by Gasteiger charge is -2.08. The highest BCUT2D eigenvalue weighted by Crippen LogP contribution is 2.27. The molecule has 0 aliphatic carbocycles. The summed E-state index contributed by atoms with van der Waals surface area (Å²) in [5.74, 6) is -1.08. The third-order valence-electron chi connectivity index (χ3n) is 1.99. The van der Waals surface area contributed by atoms with Gasteiger partial charge in [0.1, 0.15) is 18.3 Å². The molecule has 0 atom stereocenters. The Kier molecular flexibility index (Phi) is 2.49. The first kappa shape index (κ1) is 10.4. The van der Waals surface area contributed by atoms with Gasteiger partial charge in [0.15, 0.2) is 0 Å². The molecular formula is C9H7ClN4O2. The summed E-state index contributed by atoms with van der Waals surface area (Å²) >= 11 is 5.94. The lowest BCUT2D eigenvalue weighted by molar-refractivity contribution is 0.0697. The standard InChI is InChI=1S/C9H7ClN4O2/c10-6-1-5(9(15)16)2-7(11)8(6)14-4-12-3-13-14/h1-4H,11H2,(H,15,16). The van der Waals surface area contributed by atoms with Gasteiger partial charge >= 0.3 is 5.97 Å². The summed E-state index contributed by atoms with van der Waals surface area (Å²) < 4.78 is 1.38. The van der Waals surface area contributed by atoms with E-state index in [1.165, 1.54) is 29.5 Å². The number of halogens is 1.